The molecule has 1 aliphatic rings. The van der Waals surface area contributed by atoms with E-state index in [4.69, 9.17) is 5.73 Å². The van der Waals surface area contributed by atoms with Crippen LogP contribution in [0.25, 0.3) is 0 Å². The predicted molar refractivity (Wildman–Crippen MR) is 45.3 cm³/mol. The molecular weight excluding hydrogens is 140 g/mol. The van der Waals surface area contributed by atoms with Gasteiger partial charge in [0.25, 0.3) is 0 Å². The molecule has 11 heavy (non-hydrogen) atoms. The van der Waals surface area contributed by atoms with Gasteiger partial charge in [-0.3, -0.25) is 0 Å². The zero-order valence-electron chi connectivity index (χ0n) is 7.38. The van der Waals surface area contributed by atoms with Gasteiger partial charge in [-0.2, -0.15) is 0 Å². The third-order valence-corrected chi connectivity index (χ3v) is 2.23. The van der Waals surface area contributed by atoms with Gasteiger partial charge in [0.2, 0.25) is 0 Å². The maximum Gasteiger partial charge on any atom is 0.0789 e. The molecule has 3 nitrogen and oxygen atoms in total. The first-order chi connectivity index (χ1) is 5.02. The summed E-state index contributed by atoms with van der Waals surface area (Å²) in [7, 11) is 3.95. The van der Waals surface area contributed by atoms with Crippen LogP contribution in [0.1, 0.15) is 19.3 Å². The summed E-state index contributed by atoms with van der Waals surface area (Å²) in [4.78, 5) is 2.01. The van der Waals surface area contributed by atoms with E-state index in [0.29, 0.717) is 0 Å². The van der Waals surface area contributed by atoms with Gasteiger partial charge in [-0.15, -0.1) is 0 Å². The number of hydrogen-bond acceptors (Lipinski definition) is 3. The molecule has 0 amide bonds. The van der Waals surface area contributed by atoms with E-state index >= 15 is 0 Å². The van der Waals surface area contributed by atoms with E-state index in [1.165, 1.54) is 0 Å². The van der Waals surface area contributed by atoms with Crippen LogP contribution in [0.3, 0.4) is 0 Å². The van der Waals surface area contributed by atoms with Gasteiger partial charge < -0.3 is 15.7 Å². The number of rotatable bonds is 2. The zero-order valence-corrected chi connectivity index (χ0v) is 7.38. The topological polar surface area (TPSA) is 49.5 Å². The quantitative estimate of drug-likeness (QED) is 0.584. The van der Waals surface area contributed by atoms with Crippen LogP contribution >= 0.6 is 0 Å². The Bertz CT molecular complexity index is 138. The number of nitrogens with two attached hydrogens (primary N) is 1. The molecule has 0 radical (unpaired) electrons. The molecule has 0 saturated heterocycles. The number of aliphatic hydroxyl groups is 1. The molecule has 0 aromatic heterocycles. The molecule has 0 spiro atoms. The van der Waals surface area contributed by atoms with E-state index in [9.17, 15) is 5.11 Å². The Morgan fingerprint density at radius 2 is 2.27 bits per heavy atom. The number of nitrogens with zero attached hydrogens (tertiary/aromatic N) is 1. The normalized spacial score (nSPS) is 38.5. The van der Waals surface area contributed by atoms with Gasteiger partial charge in [0, 0.05) is 12.6 Å². The molecule has 0 aromatic carbocycles. The SMILES string of the molecule is CN(C)CC1(O)CCC(N)C1. The van der Waals surface area contributed by atoms with Crippen molar-refractivity contribution < 1.29 is 5.11 Å². The highest BCUT2D eigenvalue weighted by atomic mass is 16.3. The third-order valence-electron chi connectivity index (χ3n) is 2.23. The fraction of sp³-hybridized carbons (Fsp3) is 1.00. The van der Waals surface area contributed by atoms with Crippen molar-refractivity contribution in [1.29, 1.82) is 0 Å². The molecule has 1 aliphatic carbocycles. The minimum absolute atomic E-state index is 0.208. The average Bonchev–Trinajstić information content (AvgIpc) is 2.08. The molecule has 0 aromatic rings. The first kappa shape index (κ1) is 8.97. The molecule has 3 heteroatoms. The van der Waals surface area contributed by atoms with Crippen molar-refractivity contribution in [3.8, 4) is 0 Å². The van der Waals surface area contributed by atoms with Crippen LogP contribution < -0.4 is 5.73 Å². The Hall–Kier alpha value is -0.120. The summed E-state index contributed by atoms with van der Waals surface area (Å²) in [6.07, 6.45) is 2.57. The molecule has 0 bridgehead atoms. The van der Waals surface area contributed by atoms with Gasteiger partial charge in [-0.1, -0.05) is 0 Å². The molecule has 0 aliphatic heterocycles. The first-order valence-electron chi connectivity index (χ1n) is 4.14. The Kier molecular flexibility index (Phi) is 2.52. The van der Waals surface area contributed by atoms with E-state index < -0.39 is 5.60 Å². The molecule has 0 heterocycles. The fourth-order valence-electron chi connectivity index (χ4n) is 1.88. The van der Waals surface area contributed by atoms with Crippen LogP contribution in [0.2, 0.25) is 0 Å². The van der Waals surface area contributed by atoms with Gasteiger partial charge in [0.15, 0.2) is 0 Å². The van der Waals surface area contributed by atoms with Crippen LogP contribution in [0, 0.1) is 0 Å². The molecule has 1 saturated carbocycles. The van der Waals surface area contributed by atoms with Gasteiger partial charge >= 0.3 is 0 Å². The van der Waals surface area contributed by atoms with Crippen molar-refractivity contribution in [2.24, 2.45) is 5.73 Å². The van der Waals surface area contributed by atoms with Crippen LogP contribution in [0.4, 0.5) is 0 Å². The lowest BCUT2D eigenvalue weighted by Gasteiger charge is -2.26. The summed E-state index contributed by atoms with van der Waals surface area (Å²) in [5.41, 5.74) is 5.20. The maximum absolute atomic E-state index is 9.91. The van der Waals surface area contributed by atoms with Gasteiger partial charge in [-0.25, -0.2) is 0 Å². The van der Waals surface area contributed by atoms with E-state index in [1.807, 2.05) is 19.0 Å². The van der Waals surface area contributed by atoms with E-state index in [2.05, 4.69) is 0 Å². The lowest BCUT2D eigenvalue weighted by atomic mass is 10.0. The van der Waals surface area contributed by atoms with Crippen molar-refractivity contribution in [3.05, 3.63) is 0 Å². The Balaban J connectivity index is 2.42. The summed E-state index contributed by atoms with van der Waals surface area (Å²) in [6.45, 7) is 0.737. The van der Waals surface area contributed by atoms with E-state index in [0.717, 1.165) is 25.8 Å². The molecule has 1 fully saturated rings. The Labute approximate surface area is 68.2 Å². The first-order valence-corrected chi connectivity index (χ1v) is 4.14. The summed E-state index contributed by atoms with van der Waals surface area (Å²) < 4.78 is 0. The summed E-state index contributed by atoms with van der Waals surface area (Å²) in [5.74, 6) is 0. The lowest BCUT2D eigenvalue weighted by molar-refractivity contribution is 0.0214. The number of hydrogen-bond donors (Lipinski definition) is 2. The highest BCUT2D eigenvalue weighted by Gasteiger charge is 2.35. The second-order valence-corrected chi connectivity index (χ2v) is 3.97. The molecule has 3 N–H and O–H groups in total. The van der Waals surface area contributed by atoms with Crippen molar-refractivity contribution in [2.75, 3.05) is 20.6 Å². The summed E-state index contributed by atoms with van der Waals surface area (Å²) in [5, 5.41) is 9.91. The maximum atomic E-state index is 9.91. The van der Waals surface area contributed by atoms with Crippen LogP contribution in [-0.2, 0) is 0 Å². The second-order valence-electron chi connectivity index (χ2n) is 3.97. The monoisotopic (exact) mass is 158 g/mol. The van der Waals surface area contributed by atoms with Gasteiger partial charge in [-0.05, 0) is 33.4 Å². The predicted octanol–water partition coefficient (Wildman–Crippen LogP) is -0.210. The largest absolute Gasteiger partial charge is 0.388 e. The van der Waals surface area contributed by atoms with Gasteiger partial charge in [0.05, 0.1) is 5.60 Å². The molecule has 2 atom stereocenters. The van der Waals surface area contributed by atoms with Gasteiger partial charge in [0.1, 0.15) is 0 Å². The standard InChI is InChI=1S/C8H18N2O/c1-10(2)6-8(11)4-3-7(9)5-8/h7,11H,3-6,9H2,1-2H3. The Morgan fingerprint density at radius 1 is 1.64 bits per heavy atom. The summed E-state index contributed by atoms with van der Waals surface area (Å²) in [6, 6.07) is 0.208. The minimum atomic E-state index is -0.511. The average molecular weight is 158 g/mol. The molecule has 66 valence electrons. The smallest absolute Gasteiger partial charge is 0.0789 e. The molecule has 1 rings (SSSR count). The minimum Gasteiger partial charge on any atom is -0.388 e. The second kappa shape index (κ2) is 3.09. The summed E-state index contributed by atoms with van der Waals surface area (Å²) >= 11 is 0. The van der Waals surface area contributed by atoms with E-state index in [-0.39, 0.29) is 6.04 Å². The lowest BCUT2D eigenvalue weighted by Crippen LogP contribution is -2.38. The molecular formula is C8H18N2O. The van der Waals surface area contributed by atoms with Crippen molar-refractivity contribution >= 4 is 0 Å². The highest BCUT2D eigenvalue weighted by Crippen LogP contribution is 2.28. The number of likely N-dealkylation sites (N-methyl/N-ethyl adjacent to an activating group) is 1. The van der Waals surface area contributed by atoms with Crippen molar-refractivity contribution in [2.45, 2.75) is 30.9 Å². The van der Waals surface area contributed by atoms with Crippen LogP contribution in [-0.4, -0.2) is 42.3 Å². The Morgan fingerprint density at radius 3 is 2.64 bits per heavy atom. The molecule has 2 unspecified atom stereocenters. The van der Waals surface area contributed by atoms with E-state index in [1.54, 1.807) is 0 Å². The van der Waals surface area contributed by atoms with Crippen molar-refractivity contribution in [1.82, 2.24) is 4.90 Å². The van der Waals surface area contributed by atoms with Crippen molar-refractivity contribution in [3.63, 3.8) is 0 Å². The third kappa shape index (κ3) is 2.43. The zero-order chi connectivity index (χ0) is 8.48. The van der Waals surface area contributed by atoms with Crippen LogP contribution in [0.5, 0.6) is 0 Å². The van der Waals surface area contributed by atoms with Crippen LogP contribution in [0.15, 0.2) is 0 Å². The highest BCUT2D eigenvalue weighted by molar-refractivity contribution is 4.92. The fourth-order valence-corrected chi connectivity index (χ4v) is 1.88.